The molecule has 1 amide bonds. The third kappa shape index (κ3) is 3.01. The normalized spacial score (nSPS) is 15.9. The van der Waals surface area contributed by atoms with Crippen LogP contribution in [-0.4, -0.2) is 46.8 Å². The molecule has 1 atom stereocenters. The number of nitrogens with one attached hydrogen (secondary N) is 1. The van der Waals surface area contributed by atoms with Crippen LogP contribution >= 0.6 is 0 Å². The second-order valence-corrected chi connectivity index (χ2v) is 6.10. The van der Waals surface area contributed by atoms with E-state index in [1.165, 1.54) is 11.3 Å². The zero-order valence-corrected chi connectivity index (χ0v) is 14.0. The Morgan fingerprint density at radius 2 is 1.91 bits per heavy atom. The summed E-state index contributed by atoms with van der Waals surface area (Å²) >= 11 is 0. The highest BCUT2D eigenvalue weighted by atomic mass is 16.2. The largest absolute Gasteiger partial charge is 0.341 e. The van der Waals surface area contributed by atoms with Crippen LogP contribution < -0.4 is 5.32 Å². The first kappa shape index (κ1) is 15.7. The van der Waals surface area contributed by atoms with Crippen molar-refractivity contribution in [2.45, 2.75) is 25.8 Å². The van der Waals surface area contributed by atoms with Crippen LogP contribution in [0.4, 0.5) is 0 Å². The highest BCUT2D eigenvalue weighted by Gasteiger charge is 2.26. The van der Waals surface area contributed by atoms with Gasteiger partial charge < -0.3 is 10.2 Å². The quantitative estimate of drug-likeness (QED) is 0.937. The fourth-order valence-electron chi connectivity index (χ4n) is 3.22. The fraction of sp³-hybridized carbons (Fsp3) is 0.444. The molecule has 2 aromatic rings. The van der Waals surface area contributed by atoms with Crippen molar-refractivity contribution in [1.29, 1.82) is 0 Å². The van der Waals surface area contributed by atoms with Crippen LogP contribution in [0.2, 0.25) is 0 Å². The lowest BCUT2D eigenvalue weighted by atomic mass is 10.0. The standard InChI is InChI=1S/C18H24N4O/c1-13(19-2)18(23)22-11-9-15-16(10-12-22)21(3)20-17(15)14-7-5-4-6-8-14/h4-8,13,19H,9-12H2,1-3H3/t13-/m0/s1. The zero-order chi connectivity index (χ0) is 16.4. The maximum absolute atomic E-state index is 12.4. The molecule has 0 unspecified atom stereocenters. The van der Waals surface area contributed by atoms with Crippen molar-refractivity contribution >= 4 is 5.91 Å². The summed E-state index contributed by atoms with van der Waals surface area (Å²) in [6.07, 6.45) is 1.71. The average Bonchev–Trinajstić information content (AvgIpc) is 2.76. The monoisotopic (exact) mass is 312 g/mol. The molecule has 0 spiro atoms. The Bertz CT molecular complexity index is 693. The van der Waals surface area contributed by atoms with Gasteiger partial charge in [-0.25, -0.2) is 0 Å². The van der Waals surface area contributed by atoms with Gasteiger partial charge in [0.2, 0.25) is 5.91 Å². The number of likely N-dealkylation sites (N-methyl/N-ethyl adjacent to an activating group) is 1. The van der Waals surface area contributed by atoms with Crippen molar-refractivity contribution in [3.63, 3.8) is 0 Å². The molecule has 2 heterocycles. The lowest BCUT2D eigenvalue weighted by Gasteiger charge is -2.23. The van der Waals surface area contributed by atoms with Gasteiger partial charge in [0.05, 0.1) is 11.7 Å². The first-order valence-electron chi connectivity index (χ1n) is 8.18. The van der Waals surface area contributed by atoms with E-state index in [-0.39, 0.29) is 11.9 Å². The number of hydrogen-bond acceptors (Lipinski definition) is 3. The predicted molar refractivity (Wildman–Crippen MR) is 91.2 cm³/mol. The maximum Gasteiger partial charge on any atom is 0.239 e. The number of benzene rings is 1. The van der Waals surface area contributed by atoms with Crippen molar-refractivity contribution in [2.75, 3.05) is 20.1 Å². The van der Waals surface area contributed by atoms with Gasteiger partial charge in [0.15, 0.2) is 0 Å². The summed E-state index contributed by atoms with van der Waals surface area (Å²) in [7, 11) is 3.82. The van der Waals surface area contributed by atoms with Gasteiger partial charge in [-0.15, -0.1) is 0 Å². The van der Waals surface area contributed by atoms with E-state index < -0.39 is 0 Å². The molecule has 0 radical (unpaired) electrons. The number of carbonyl (C=O) groups is 1. The van der Waals surface area contributed by atoms with E-state index >= 15 is 0 Å². The fourth-order valence-corrected chi connectivity index (χ4v) is 3.22. The molecule has 0 bridgehead atoms. The third-order valence-electron chi connectivity index (χ3n) is 4.69. The Balaban J connectivity index is 1.88. The van der Waals surface area contributed by atoms with Crippen LogP contribution in [-0.2, 0) is 24.7 Å². The van der Waals surface area contributed by atoms with E-state index in [1.54, 1.807) is 0 Å². The van der Waals surface area contributed by atoms with E-state index in [0.29, 0.717) is 0 Å². The van der Waals surface area contributed by atoms with Crippen LogP contribution in [0.3, 0.4) is 0 Å². The minimum absolute atomic E-state index is 0.136. The summed E-state index contributed by atoms with van der Waals surface area (Å²) in [6.45, 7) is 3.42. The Labute approximate surface area is 137 Å². The molecule has 1 aromatic heterocycles. The van der Waals surface area contributed by atoms with Gasteiger partial charge in [0.25, 0.3) is 0 Å². The van der Waals surface area contributed by atoms with Crippen molar-refractivity contribution < 1.29 is 4.79 Å². The topological polar surface area (TPSA) is 50.2 Å². The number of amides is 1. The summed E-state index contributed by atoms with van der Waals surface area (Å²) in [5.41, 5.74) is 4.73. The SMILES string of the molecule is CN[C@@H](C)C(=O)N1CCc2c(-c3ccccc3)nn(C)c2CC1. The Morgan fingerprint density at radius 1 is 1.22 bits per heavy atom. The van der Waals surface area contributed by atoms with Gasteiger partial charge in [-0.2, -0.15) is 5.10 Å². The van der Waals surface area contributed by atoms with E-state index in [4.69, 9.17) is 5.10 Å². The lowest BCUT2D eigenvalue weighted by Crippen LogP contribution is -2.44. The van der Waals surface area contributed by atoms with Gasteiger partial charge in [-0.05, 0) is 20.4 Å². The van der Waals surface area contributed by atoms with Crippen molar-refractivity contribution in [3.05, 3.63) is 41.6 Å². The Morgan fingerprint density at radius 3 is 2.61 bits per heavy atom. The highest BCUT2D eigenvalue weighted by molar-refractivity contribution is 5.81. The van der Waals surface area contributed by atoms with E-state index in [2.05, 4.69) is 17.4 Å². The zero-order valence-electron chi connectivity index (χ0n) is 14.0. The van der Waals surface area contributed by atoms with Gasteiger partial charge in [0, 0.05) is 43.4 Å². The van der Waals surface area contributed by atoms with E-state index in [0.717, 1.165) is 37.2 Å². The Kier molecular flexibility index (Phi) is 4.48. The van der Waals surface area contributed by atoms with Crippen LogP contribution in [0.15, 0.2) is 30.3 Å². The molecule has 0 aliphatic carbocycles. The molecule has 1 aliphatic heterocycles. The van der Waals surface area contributed by atoms with Gasteiger partial charge in [-0.1, -0.05) is 30.3 Å². The second-order valence-electron chi connectivity index (χ2n) is 6.10. The van der Waals surface area contributed by atoms with Crippen LogP contribution in [0.1, 0.15) is 18.2 Å². The molecule has 0 saturated carbocycles. The third-order valence-corrected chi connectivity index (χ3v) is 4.69. The number of rotatable bonds is 3. The molecule has 1 aromatic carbocycles. The highest BCUT2D eigenvalue weighted by Crippen LogP contribution is 2.27. The lowest BCUT2D eigenvalue weighted by molar-refractivity contribution is -0.132. The number of fused-ring (bicyclic) bond motifs is 1. The number of carbonyl (C=O) groups excluding carboxylic acids is 1. The van der Waals surface area contributed by atoms with Gasteiger partial charge in [0.1, 0.15) is 0 Å². The molecule has 1 N–H and O–H groups in total. The summed E-state index contributed by atoms with van der Waals surface area (Å²) in [4.78, 5) is 14.4. The minimum Gasteiger partial charge on any atom is -0.341 e. The number of aryl methyl sites for hydroxylation is 1. The Hall–Kier alpha value is -2.14. The van der Waals surface area contributed by atoms with E-state index in [1.807, 2.05) is 48.8 Å². The smallest absolute Gasteiger partial charge is 0.239 e. The number of nitrogens with zero attached hydrogens (tertiary/aromatic N) is 3. The molecule has 0 fully saturated rings. The molecular weight excluding hydrogens is 288 g/mol. The number of aromatic nitrogens is 2. The summed E-state index contributed by atoms with van der Waals surface area (Å²) in [6, 6.07) is 10.2. The molecule has 5 heteroatoms. The average molecular weight is 312 g/mol. The first-order valence-corrected chi connectivity index (χ1v) is 8.18. The molecule has 5 nitrogen and oxygen atoms in total. The molecule has 0 saturated heterocycles. The molecular formula is C18H24N4O. The molecule has 23 heavy (non-hydrogen) atoms. The molecule has 122 valence electrons. The van der Waals surface area contributed by atoms with Gasteiger partial charge >= 0.3 is 0 Å². The van der Waals surface area contributed by atoms with Crippen LogP contribution in [0.5, 0.6) is 0 Å². The second kappa shape index (κ2) is 6.54. The van der Waals surface area contributed by atoms with Crippen molar-refractivity contribution in [2.24, 2.45) is 7.05 Å². The van der Waals surface area contributed by atoms with Crippen LogP contribution in [0.25, 0.3) is 11.3 Å². The summed E-state index contributed by atoms with van der Waals surface area (Å²) < 4.78 is 1.98. The van der Waals surface area contributed by atoms with E-state index in [9.17, 15) is 4.79 Å². The minimum atomic E-state index is -0.136. The number of hydrogen-bond donors (Lipinski definition) is 1. The predicted octanol–water partition coefficient (Wildman–Crippen LogP) is 1.62. The van der Waals surface area contributed by atoms with Crippen LogP contribution in [0, 0.1) is 0 Å². The summed E-state index contributed by atoms with van der Waals surface area (Å²) in [5, 5.41) is 7.76. The summed E-state index contributed by atoms with van der Waals surface area (Å²) in [5.74, 6) is 0.175. The first-order chi connectivity index (χ1) is 11.1. The van der Waals surface area contributed by atoms with Crippen molar-refractivity contribution in [3.8, 4) is 11.3 Å². The molecule has 1 aliphatic rings. The molecule has 3 rings (SSSR count). The van der Waals surface area contributed by atoms with Crippen molar-refractivity contribution in [1.82, 2.24) is 20.0 Å². The van der Waals surface area contributed by atoms with Gasteiger partial charge in [-0.3, -0.25) is 9.48 Å². The maximum atomic E-state index is 12.4.